The quantitative estimate of drug-likeness (QED) is 0.805. The van der Waals surface area contributed by atoms with Crippen LogP contribution in [0.1, 0.15) is 23.6 Å². The Balaban J connectivity index is 2.04. The van der Waals surface area contributed by atoms with Crippen molar-refractivity contribution < 1.29 is 8.42 Å². The number of nitrogens with one attached hydrogen (secondary N) is 1. The number of anilines is 1. The van der Waals surface area contributed by atoms with E-state index in [9.17, 15) is 8.42 Å². The summed E-state index contributed by atoms with van der Waals surface area (Å²) in [5.41, 5.74) is 9.09. The van der Waals surface area contributed by atoms with E-state index >= 15 is 0 Å². The summed E-state index contributed by atoms with van der Waals surface area (Å²) in [4.78, 5) is 0. The highest BCUT2D eigenvalue weighted by atomic mass is 32.2. The third-order valence-electron chi connectivity index (χ3n) is 3.29. The molecule has 0 bridgehead atoms. The van der Waals surface area contributed by atoms with Crippen LogP contribution in [0.3, 0.4) is 0 Å². The van der Waals surface area contributed by atoms with Crippen molar-refractivity contribution in [2.24, 2.45) is 0 Å². The summed E-state index contributed by atoms with van der Waals surface area (Å²) in [5.74, 6) is -0.0632. The molecule has 0 unspecified atom stereocenters. The normalized spacial score (nSPS) is 11.5. The molecule has 0 amide bonds. The van der Waals surface area contributed by atoms with Crippen LogP contribution < -0.4 is 10.5 Å². The second kappa shape index (κ2) is 6.74. The van der Waals surface area contributed by atoms with E-state index in [4.69, 9.17) is 5.73 Å². The molecule has 0 aromatic heterocycles. The fraction of sp³-hybridized carbons (Fsp3) is 0.250. The molecular formula is C16H20N2O2S. The number of rotatable bonds is 6. The molecule has 5 heteroatoms. The Hall–Kier alpha value is -1.85. The fourth-order valence-electron chi connectivity index (χ4n) is 2.22. The molecule has 2 rings (SSSR count). The molecule has 3 N–H and O–H groups in total. The highest BCUT2D eigenvalue weighted by Gasteiger charge is 2.12. The fourth-order valence-corrected chi connectivity index (χ4v) is 3.31. The maximum absolute atomic E-state index is 12.1. The summed E-state index contributed by atoms with van der Waals surface area (Å²) in [6.45, 7) is 2.37. The average molecular weight is 304 g/mol. The van der Waals surface area contributed by atoms with Gasteiger partial charge >= 0.3 is 0 Å². The van der Waals surface area contributed by atoms with Gasteiger partial charge in [0.15, 0.2) is 0 Å². The number of aryl methyl sites for hydroxylation is 1. The topological polar surface area (TPSA) is 72.2 Å². The van der Waals surface area contributed by atoms with Gasteiger partial charge in [-0.15, -0.1) is 0 Å². The van der Waals surface area contributed by atoms with Crippen LogP contribution in [0.15, 0.2) is 48.5 Å². The predicted molar refractivity (Wildman–Crippen MR) is 86.1 cm³/mol. The number of nitrogens with two attached hydrogens (primary N) is 1. The number of nitrogen functional groups attached to an aromatic ring is 1. The zero-order valence-electron chi connectivity index (χ0n) is 12.0. The van der Waals surface area contributed by atoms with Crippen molar-refractivity contribution in [3.8, 4) is 0 Å². The first-order valence-corrected chi connectivity index (χ1v) is 8.54. The smallest absolute Gasteiger partial charge is 0.216 e. The van der Waals surface area contributed by atoms with Crippen molar-refractivity contribution in [2.45, 2.75) is 25.6 Å². The lowest BCUT2D eigenvalue weighted by Gasteiger charge is -2.10. The Morgan fingerprint density at radius 3 is 2.43 bits per heavy atom. The second-order valence-corrected chi connectivity index (χ2v) is 6.75. The molecule has 0 aliphatic carbocycles. The largest absolute Gasteiger partial charge is 0.399 e. The first kappa shape index (κ1) is 15.5. The van der Waals surface area contributed by atoms with E-state index in [1.165, 1.54) is 0 Å². The highest BCUT2D eigenvalue weighted by Crippen LogP contribution is 2.12. The molecule has 0 atom stereocenters. The van der Waals surface area contributed by atoms with Gasteiger partial charge in [0.1, 0.15) is 0 Å². The standard InChI is InChI=1S/C16H20N2O2S/c1-2-14-7-3-4-8-15(14)11-18-21(19,20)12-13-6-5-9-16(17)10-13/h3-10,18H,2,11-12,17H2,1H3. The van der Waals surface area contributed by atoms with Crippen LogP contribution in [-0.4, -0.2) is 8.42 Å². The minimum absolute atomic E-state index is 0.0632. The van der Waals surface area contributed by atoms with Gasteiger partial charge < -0.3 is 5.73 Å². The number of benzene rings is 2. The molecule has 2 aromatic carbocycles. The van der Waals surface area contributed by atoms with Crippen molar-refractivity contribution in [3.63, 3.8) is 0 Å². The summed E-state index contributed by atoms with van der Waals surface area (Å²) in [5, 5.41) is 0. The van der Waals surface area contributed by atoms with E-state index in [-0.39, 0.29) is 5.75 Å². The first-order chi connectivity index (χ1) is 10.00. The monoisotopic (exact) mass is 304 g/mol. The minimum atomic E-state index is -3.38. The van der Waals surface area contributed by atoms with Gasteiger partial charge in [-0.1, -0.05) is 43.3 Å². The Labute approximate surface area is 126 Å². The lowest BCUT2D eigenvalue weighted by molar-refractivity contribution is 0.580. The van der Waals surface area contributed by atoms with E-state index in [2.05, 4.69) is 11.6 Å². The third kappa shape index (κ3) is 4.58. The van der Waals surface area contributed by atoms with Crippen LogP contribution in [0.2, 0.25) is 0 Å². The van der Waals surface area contributed by atoms with Crippen molar-refractivity contribution >= 4 is 15.7 Å². The van der Waals surface area contributed by atoms with E-state index < -0.39 is 10.0 Å². The number of sulfonamides is 1. The van der Waals surface area contributed by atoms with Crippen LogP contribution in [0.4, 0.5) is 5.69 Å². The summed E-state index contributed by atoms with van der Waals surface area (Å²) in [7, 11) is -3.38. The Morgan fingerprint density at radius 2 is 1.76 bits per heavy atom. The van der Waals surface area contributed by atoms with Crippen LogP contribution >= 0.6 is 0 Å². The lowest BCUT2D eigenvalue weighted by atomic mass is 10.1. The molecule has 0 aliphatic heterocycles. The average Bonchev–Trinajstić information content (AvgIpc) is 2.45. The van der Waals surface area contributed by atoms with Crippen molar-refractivity contribution in [1.29, 1.82) is 0 Å². The zero-order chi connectivity index (χ0) is 15.3. The molecule has 21 heavy (non-hydrogen) atoms. The minimum Gasteiger partial charge on any atom is -0.399 e. The molecular weight excluding hydrogens is 284 g/mol. The maximum atomic E-state index is 12.1. The van der Waals surface area contributed by atoms with Crippen LogP contribution in [0.5, 0.6) is 0 Å². The molecule has 2 aromatic rings. The van der Waals surface area contributed by atoms with Crippen LogP contribution in [0.25, 0.3) is 0 Å². The second-order valence-electron chi connectivity index (χ2n) is 4.95. The number of hydrogen-bond acceptors (Lipinski definition) is 3. The van der Waals surface area contributed by atoms with E-state index in [0.717, 1.165) is 17.5 Å². The molecule has 0 saturated heterocycles. The zero-order valence-corrected chi connectivity index (χ0v) is 12.9. The summed E-state index contributed by atoms with van der Waals surface area (Å²) >= 11 is 0. The van der Waals surface area contributed by atoms with Gasteiger partial charge in [0.05, 0.1) is 5.75 Å². The third-order valence-corrected chi connectivity index (χ3v) is 4.59. The first-order valence-electron chi connectivity index (χ1n) is 6.88. The van der Waals surface area contributed by atoms with Gasteiger partial charge in [0.25, 0.3) is 0 Å². The molecule has 0 heterocycles. The van der Waals surface area contributed by atoms with Crippen molar-refractivity contribution in [1.82, 2.24) is 4.72 Å². The van der Waals surface area contributed by atoms with Gasteiger partial charge in [-0.05, 0) is 35.2 Å². The molecule has 0 saturated carbocycles. The molecule has 0 spiro atoms. The predicted octanol–water partition coefficient (Wildman–Crippen LogP) is 2.45. The van der Waals surface area contributed by atoms with Crippen LogP contribution in [-0.2, 0) is 28.7 Å². The highest BCUT2D eigenvalue weighted by molar-refractivity contribution is 7.88. The van der Waals surface area contributed by atoms with E-state index in [1.807, 2.05) is 24.3 Å². The Bertz CT molecular complexity index is 712. The van der Waals surface area contributed by atoms with Gasteiger partial charge in [0, 0.05) is 12.2 Å². The molecule has 0 radical (unpaired) electrons. The lowest BCUT2D eigenvalue weighted by Crippen LogP contribution is -2.25. The van der Waals surface area contributed by atoms with Gasteiger partial charge in [-0.25, -0.2) is 13.1 Å². The van der Waals surface area contributed by atoms with Gasteiger partial charge in [-0.2, -0.15) is 0 Å². The summed E-state index contributed by atoms with van der Waals surface area (Å²) < 4.78 is 26.9. The SMILES string of the molecule is CCc1ccccc1CNS(=O)(=O)Cc1cccc(N)c1. The van der Waals surface area contributed by atoms with Crippen LogP contribution in [0, 0.1) is 0 Å². The summed E-state index contributed by atoms with van der Waals surface area (Å²) in [6, 6.07) is 14.8. The van der Waals surface area contributed by atoms with Crippen molar-refractivity contribution in [2.75, 3.05) is 5.73 Å². The number of hydrogen-bond donors (Lipinski definition) is 2. The Kier molecular flexibility index (Phi) is 4.98. The Morgan fingerprint density at radius 1 is 1.05 bits per heavy atom. The summed E-state index contributed by atoms with van der Waals surface area (Å²) in [6.07, 6.45) is 0.882. The van der Waals surface area contributed by atoms with E-state index in [0.29, 0.717) is 17.8 Å². The van der Waals surface area contributed by atoms with Crippen molar-refractivity contribution in [3.05, 3.63) is 65.2 Å². The molecule has 0 fully saturated rings. The van der Waals surface area contributed by atoms with E-state index in [1.54, 1.807) is 24.3 Å². The molecule has 112 valence electrons. The van der Waals surface area contributed by atoms with Gasteiger partial charge in [0.2, 0.25) is 10.0 Å². The molecule has 0 aliphatic rings. The maximum Gasteiger partial charge on any atom is 0.216 e. The molecule has 4 nitrogen and oxygen atoms in total. The van der Waals surface area contributed by atoms with Gasteiger partial charge in [-0.3, -0.25) is 0 Å².